The largest absolute Gasteiger partial charge is 0.506 e. The van der Waals surface area contributed by atoms with Gasteiger partial charge < -0.3 is 15.7 Å². The molecule has 1 aromatic heterocycles. The molecule has 0 aliphatic carbocycles. The number of amides is 2. The van der Waals surface area contributed by atoms with Gasteiger partial charge in [0, 0.05) is 18.9 Å². The summed E-state index contributed by atoms with van der Waals surface area (Å²) in [4.78, 5) is 26.9. The third kappa shape index (κ3) is 4.04. The van der Waals surface area contributed by atoms with Crippen molar-refractivity contribution in [2.45, 2.75) is 6.42 Å². The molecule has 2 rings (SSSR count). The molecule has 108 valence electrons. The summed E-state index contributed by atoms with van der Waals surface area (Å²) in [7, 11) is 1.58. The molecular formula is C15H15N3O3. The second kappa shape index (κ2) is 6.51. The van der Waals surface area contributed by atoms with Gasteiger partial charge in [0.25, 0.3) is 5.91 Å². The van der Waals surface area contributed by atoms with Crippen LogP contribution < -0.4 is 10.6 Å². The molecule has 0 aliphatic rings. The van der Waals surface area contributed by atoms with Crippen LogP contribution in [0.5, 0.6) is 5.75 Å². The SMILES string of the molecule is CNC(=O)Cc1ccc(NC(=O)c2cncc(O)c2)cc1. The fraction of sp³-hybridized carbons (Fsp3) is 0.133. The molecule has 2 aromatic rings. The van der Waals surface area contributed by atoms with Crippen LogP contribution in [-0.2, 0) is 11.2 Å². The monoisotopic (exact) mass is 285 g/mol. The molecule has 0 saturated carbocycles. The normalized spacial score (nSPS) is 9.95. The third-order valence-electron chi connectivity index (χ3n) is 2.84. The van der Waals surface area contributed by atoms with Crippen molar-refractivity contribution in [3.05, 3.63) is 53.9 Å². The van der Waals surface area contributed by atoms with Crippen LogP contribution in [0.1, 0.15) is 15.9 Å². The maximum Gasteiger partial charge on any atom is 0.257 e. The number of nitrogens with one attached hydrogen (secondary N) is 2. The first-order valence-electron chi connectivity index (χ1n) is 6.33. The smallest absolute Gasteiger partial charge is 0.257 e. The average Bonchev–Trinajstić information content (AvgIpc) is 2.49. The highest BCUT2D eigenvalue weighted by molar-refractivity contribution is 6.04. The molecule has 0 atom stereocenters. The Hall–Kier alpha value is -2.89. The van der Waals surface area contributed by atoms with E-state index in [2.05, 4.69) is 15.6 Å². The molecule has 3 N–H and O–H groups in total. The summed E-state index contributed by atoms with van der Waals surface area (Å²) < 4.78 is 0. The Morgan fingerprint density at radius 1 is 1.19 bits per heavy atom. The molecule has 0 bridgehead atoms. The first-order valence-corrected chi connectivity index (χ1v) is 6.33. The van der Waals surface area contributed by atoms with Crippen molar-refractivity contribution in [2.75, 3.05) is 12.4 Å². The average molecular weight is 285 g/mol. The summed E-state index contributed by atoms with van der Waals surface area (Å²) in [5.41, 5.74) is 1.72. The Labute approximate surface area is 121 Å². The predicted molar refractivity (Wildman–Crippen MR) is 78.1 cm³/mol. The molecule has 0 aliphatic heterocycles. The molecule has 6 nitrogen and oxygen atoms in total. The van der Waals surface area contributed by atoms with E-state index in [1.54, 1.807) is 31.3 Å². The first-order chi connectivity index (χ1) is 10.1. The molecule has 1 aromatic carbocycles. The van der Waals surface area contributed by atoms with E-state index < -0.39 is 0 Å². The number of hydrogen-bond acceptors (Lipinski definition) is 4. The molecule has 0 radical (unpaired) electrons. The van der Waals surface area contributed by atoms with Crippen LogP contribution in [0, 0.1) is 0 Å². The van der Waals surface area contributed by atoms with Gasteiger partial charge in [-0.3, -0.25) is 14.6 Å². The lowest BCUT2D eigenvalue weighted by atomic mass is 10.1. The number of anilines is 1. The van der Waals surface area contributed by atoms with Crippen molar-refractivity contribution in [1.29, 1.82) is 0 Å². The number of likely N-dealkylation sites (N-methyl/N-ethyl adjacent to an activating group) is 1. The van der Waals surface area contributed by atoms with Gasteiger partial charge in [-0.15, -0.1) is 0 Å². The van der Waals surface area contributed by atoms with Crippen molar-refractivity contribution in [3.8, 4) is 5.75 Å². The van der Waals surface area contributed by atoms with Crippen LogP contribution in [-0.4, -0.2) is 29.0 Å². The van der Waals surface area contributed by atoms with Crippen LogP contribution in [0.3, 0.4) is 0 Å². The van der Waals surface area contributed by atoms with E-state index in [0.29, 0.717) is 12.1 Å². The maximum absolute atomic E-state index is 11.9. The summed E-state index contributed by atoms with van der Waals surface area (Å²) in [6, 6.07) is 8.30. The Morgan fingerprint density at radius 2 is 1.90 bits per heavy atom. The second-order valence-electron chi connectivity index (χ2n) is 4.43. The predicted octanol–water partition coefficient (Wildman–Crippen LogP) is 1.33. The Bertz CT molecular complexity index is 653. The van der Waals surface area contributed by atoms with E-state index in [9.17, 15) is 14.7 Å². The highest BCUT2D eigenvalue weighted by Crippen LogP contribution is 2.13. The third-order valence-corrected chi connectivity index (χ3v) is 2.84. The number of benzene rings is 1. The molecular weight excluding hydrogens is 270 g/mol. The minimum Gasteiger partial charge on any atom is -0.506 e. The van der Waals surface area contributed by atoms with Gasteiger partial charge in [0.05, 0.1) is 18.2 Å². The van der Waals surface area contributed by atoms with Gasteiger partial charge in [-0.05, 0) is 23.8 Å². The Balaban J connectivity index is 2.03. The number of rotatable bonds is 4. The fourth-order valence-corrected chi connectivity index (χ4v) is 1.73. The lowest BCUT2D eigenvalue weighted by Gasteiger charge is -2.06. The van der Waals surface area contributed by atoms with E-state index in [1.807, 2.05) is 0 Å². The number of carbonyl (C=O) groups is 2. The number of carbonyl (C=O) groups excluding carboxylic acids is 2. The number of nitrogens with zero attached hydrogens (tertiary/aromatic N) is 1. The zero-order valence-corrected chi connectivity index (χ0v) is 11.5. The number of aromatic nitrogens is 1. The number of pyridine rings is 1. The van der Waals surface area contributed by atoms with E-state index in [0.717, 1.165) is 5.56 Å². The van der Waals surface area contributed by atoms with Crippen molar-refractivity contribution < 1.29 is 14.7 Å². The summed E-state index contributed by atoms with van der Waals surface area (Å²) in [6.07, 6.45) is 2.92. The van der Waals surface area contributed by atoms with Crippen molar-refractivity contribution in [1.82, 2.24) is 10.3 Å². The Morgan fingerprint density at radius 3 is 2.52 bits per heavy atom. The number of aromatic hydroxyl groups is 1. The van der Waals surface area contributed by atoms with E-state index in [4.69, 9.17) is 0 Å². The van der Waals surface area contributed by atoms with Gasteiger partial charge in [0.2, 0.25) is 5.91 Å². The van der Waals surface area contributed by atoms with E-state index >= 15 is 0 Å². The minimum absolute atomic E-state index is 0.0661. The minimum atomic E-state index is -0.363. The van der Waals surface area contributed by atoms with Crippen molar-refractivity contribution in [2.24, 2.45) is 0 Å². The van der Waals surface area contributed by atoms with Crippen LogP contribution in [0.15, 0.2) is 42.7 Å². The molecule has 21 heavy (non-hydrogen) atoms. The molecule has 0 saturated heterocycles. The summed E-state index contributed by atoms with van der Waals surface area (Å²) in [6.45, 7) is 0. The van der Waals surface area contributed by atoms with Crippen LogP contribution in [0.25, 0.3) is 0 Å². The quantitative estimate of drug-likeness (QED) is 0.790. The molecule has 0 spiro atoms. The van der Waals surface area contributed by atoms with Gasteiger partial charge in [-0.1, -0.05) is 12.1 Å². The van der Waals surface area contributed by atoms with E-state index in [1.165, 1.54) is 18.5 Å². The van der Waals surface area contributed by atoms with Crippen LogP contribution in [0.4, 0.5) is 5.69 Å². The molecule has 0 fully saturated rings. The number of hydrogen-bond donors (Lipinski definition) is 3. The zero-order valence-electron chi connectivity index (χ0n) is 11.5. The highest BCUT2D eigenvalue weighted by atomic mass is 16.3. The molecule has 0 unspecified atom stereocenters. The van der Waals surface area contributed by atoms with Crippen LogP contribution >= 0.6 is 0 Å². The van der Waals surface area contributed by atoms with Crippen LogP contribution in [0.2, 0.25) is 0 Å². The zero-order chi connectivity index (χ0) is 15.2. The topological polar surface area (TPSA) is 91.3 Å². The van der Waals surface area contributed by atoms with Gasteiger partial charge in [-0.25, -0.2) is 0 Å². The van der Waals surface area contributed by atoms with Gasteiger partial charge >= 0.3 is 0 Å². The maximum atomic E-state index is 11.9. The summed E-state index contributed by atoms with van der Waals surface area (Å²) in [5, 5.41) is 14.5. The molecule has 2 amide bonds. The van der Waals surface area contributed by atoms with Crippen molar-refractivity contribution in [3.63, 3.8) is 0 Å². The van der Waals surface area contributed by atoms with E-state index in [-0.39, 0.29) is 23.1 Å². The van der Waals surface area contributed by atoms with Gasteiger partial charge in [-0.2, -0.15) is 0 Å². The lowest BCUT2D eigenvalue weighted by Crippen LogP contribution is -2.19. The summed E-state index contributed by atoms with van der Waals surface area (Å²) in [5.74, 6) is -0.501. The van der Waals surface area contributed by atoms with Gasteiger partial charge in [0.15, 0.2) is 0 Å². The van der Waals surface area contributed by atoms with Gasteiger partial charge in [0.1, 0.15) is 5.75 Å². The molecule has 1 heterocycles. The van der Waals surface area contributed by atoms with Crippen molar-refractivity contribution >= 4 is 17.5 Å². The highest BCUT2D eigenvalue weighted by Gasteiger charge is 2.08. The molecule has 6 heteroatoms. The summed E-state index contributed by atoms with van der Waals surface area (Å²) >= 11 is 0. The second-order valence-corrected chi connectivity index (χ2v) is 4.43. The lowest BCUT2D eigenvalue weighted by molar-refractivity contribution is -0.119. The Kier molecular flexibility index (Phi) is 4.50. The standard InChI is InChI=1S/C15H15N3O3/c1-16-14(20)6-10-2-4-12(5-3-10)18-15(21)11-7-13(19)9-17-8-11/h2-5,7-9,19H,6H2,1H3,(H,16,20)(H,18,21). The first kappa shape index (κ1) is 14.5. The fourth-order valence-electron chi connectivity index (χ4n) is 1.73.